The summed E-state index contributed by atoms with van der Waals surface area (Å²) in [5.41, 5.74) is 2.29. The molecule has 0 aliphatic heterocycles. The summed E-state index contributed by atoms with van der Waals surface area (Å²) in [6.45, 7) is 3.75. The van der Waals surface area contributed by atoms with Gasteiger partial charge >= 0.3 is 0 Å². The molecule has 0 saturated heterocycles. The summed E-state index contributed by atoms with van der Waals surface area (Å²) >= 11 is 0. The molecule has 2 rings (SSSR count). The van der Waals surface area contributed by atoms with E-state index in [1.807, 2.05) is 25.1 Å². The van der Waals surface area contributed by atoms with E-state index in [9.17, 15) is 13.2 Å². The van der Waals surface area contributed by atoms with Gasteiger partial charge in [-0.25, -0.2) is 8.42 Å². The molecule has 26 heavy (non-hydrogen) atoms. The highest BCUT2D eigenvalue weighted by molar-refractivity contribution is 7.92. The lowest BCUT2D eigenvalue weighted by Gasteiger charge is -2.28. The van der Waals surface area contributed by atoms with Gasteiger partial charge in [-0.3, -0.25) is 9.10 Å². The Bertz CT molecular complexity index is 863. The Kier molecular flexibility index (Phi) is 6.26. The maximum Gasteiger partial charge on any atom is 0.243 e. The van der Waals surface area contributed by atoms with Crippen molar-refractivity contribution in [3.8, 4) is 5.75 Å². The van der Waals surface area contributed by atoms with Crippen LogP contribution >= 0.6 is 0 Å². The molecule has 1 atom stereocenters. The third-order valence-electron chi connectivity index (χ3n) is 3.97. The zero-order chi connectivity index (χ0) is 19.3. The number of nitrogens with zero attached hydrogens (tertiary/aromatic N) is 1. The number of hydrogen-bond donors (Lipinski definition) is 1. The van der Waals surface area contributed by atoms with E-state index in [4.69, 9.17) is 4.74 Å². The molecule has 0 aromatic heterocycles. The molecule has 1 N–H and O–H groups in total. The second kappa shape index (κ2) is 8.23. The normalized spacial score (nSPS) is 12.3. The summed E-state index contributed by atoms with van der Waals surface area (Å²) in [4.78, 5) is 12.5. The van der Waals surface area contributed by atoms with E-state index in [1.54, 1.807) is 44.4 Å². The topological polar surface area (TPSA) is 75.7 Å². The first-order valence-electron chi connectivity index (χ1n) is 8.19. The molecule has 0 unspecified atom stereocenters. The molecule has 0 fully saturated rings. The number of sulfonamides is 1. The van der Waals surface area contributed by atoms with Crippen molar-refractivity contribution in [3.05, 3.63) is 59.7 Å². The number of methoxy groups -OCH3 is 1. The maximum atomic E-state index is 12.5. The molecule has 2 aromatic rings. The Balaban J connectivity index is 2.14. The first-order valence-corrected chi connectivity index (χ1v) is 10.0. The smallest absolute Gasteiger partial charge is 0.243 e. The number of amides is 1. The van der Waals surface area contributed by atoms with E-state index in [0.717, 1.165) is 27.4 Å². The van der Waals surface area contributed by atoms with Crippen molar-refractivity contribution in [2.24, 2.45) is 0 Å². The number of carbonyl (C=O) groups excluding carboxylic acids is 1. The maximum absolute atomic E-state index is 12.5. The van der Waals surface area contributed by atoms with Gasteiger partial charge in [0.05, 0.1) is 19.1 Å². The number of aryl methyl sites for hydroxylation is 1. The van der Waals surface area contributed by atoms with Crippen LogP contribution in [0.5, 0.6) is 5.75 Å². The van der Waals surface area contributed by atoms with Gasteiger partial charge in [0, 0.05) is 6.54 Å². The van der Waals surface area contributed by atoms with Gasteiger partial charge in [-0.2, -0.15) is 0 Å². The number of carbonyl (C=O) groups is 1. The Hall–Kier alpha value is -2.54. The van der Waals surface area contributed by atoms with E-state index >= 15 is 0 Å². The van der Waals surface area contributed by atoms with Gasteiger partial charge in [-0.15, -0.1) is 0 Å². The monoisotopic (exact) mass is 376 g/mol. The first-order chi connectivity index (χ1) is 12.2. The predicted octanol–water partition coefficient (Wildman–Crippen LogP) is 2.47. The highest BCUT2D eigenvalue weighted by atomic mass is 32.2. The molecule has 6 nitrogen and oxygen atoms in total. The summed E-state index contributed by atoms with van der Waals surface area (Å²) < 4.78 is 30.8. The zero-order valence-corrected chi connectivity index (χ0v) is 16.2. The Morgan fingerprint density at radius 2 is 1.85 bits per heavy atom. The fourth-order valence-electron chi connectivity index (χ4n) is 2.65. The second-order valence-corrected chi connectivity index (χ2v) is 8.00. The van der Waals surface area contributed by atoms with E-state index in [1.165, 1.54) is 0 Å². The average molecular weight is 376 g/mol. The molecule has 0 radical (unpaired) electrons. The van der Waals surface area contributed by atoms with Gasteiger partial charge in [0.15, 0.2) is 0 Å². The van der Waals surface area contributed by atoms with Crippen LogP contribution in [0.15, 0.2) is 48.5 Å². The molecule has 140 valence electrons. The summed E-state index contributed by atoms with van der Waals surface area (Å²) in [5, 5.41) is 2.79. The zero-order valence-electron chi connectivity index (χ0n) is 15.4. The average Bonchev–Trinajstić information content (AvgIpc) is 2.59. The van der Waals surface area contributed by atoms with Crippen LogP contribution in [0.4, 0.5) is 5.69 Å². The standard InChI is InChI=1S/C19H24N2O4S/c1-14-6-5-7-17(12-14)21(26(4,23)24)15(2)19(22)20-13-16-8-10-18(25-3)11-9-16/h5-12,15H,13H2,1-4H3,(H,20,22)/t15-/m0/s1. The van der Waals surface area contributed by atoms with E-state index in [-0.39, 0.29) is 5.91 Å². The lowest BCUT2D eigenvalue weighted by atomic mass is 10.2. The quantitative estimate of drug-likeness (QED) is 0.805. The molecule has 0 heterocycles. The largest absolute Gasteiger partial charge is 0.497 e. The highest BCUT2D eigenvalue weighted by Crippen LogP contribution is 2.22. The van der Waals surface area contributed by atoms with Crippen LogP contribution in [-0.4, -0.2) is 33.7 Å². The van der Waals surface area contributed by atoms with Crippen molar-refractivity contribution in [2.75, 3.05) is 17.7 Å². The van der Waals surface area contributed by atoms with Crippen LogP contribution in [-0.2, 0) is 21.4 Å². The van der Waals surface area contributed by atoms with Gasteiger partial charge in [0.1, 0.15) is 11.8 Å². The second-order valence-electron chi connectivity index (χ2n) is 6.14. The number of rotatable bonds is 7. The molecule has 0 spiro atoms. The third-order valence-corrected chi connectivity index (χ3v) is 5.21. The molecule has 0 aliphatic carbocycles. The molecular weight excluding hydrogens is 352 g/mol. The van der Waals surface area contributed by atoms with Gasteiger partial charge in [-0.05, 0) is 49.2 Å². The Morgan fingerprint density at radius 1 is 1.19 bits per heavy atom. The van der Waals surface area contributed by atoms with Gasteiger partial charge in [0.2, 0.25) is 15.9 Å². The third kappa shape index (κ3) is 4.98. The molecular formula is C19H24N2O4S. The van der Waals surface area contributed by atoms with Crippen molar-refractivity contribution < 1.29 is 17.9 Å². The van der Waals surface area contributed by atoms with Crippen LogP contribution in [0.1, 0.15) is 18.1 Å². The van der Waals surface area contributed by atoms with Crippen LogP contribution in [0.3, 0.4) is 0 Å². The number of hydrogen-bond acceptors (Lipinski definition) is 4. The van der Waals surface area contributed by atoms with Gasteiger partial charge in [0.25, 0.3) is 0 Å². The summed E-state index contributed by atoms with van der Waals surface area (Å²) in [7, 11) is -2.03. The van der Waals surface area contributed by atoms with Crippen LogP contribution in [0.25, 0.3) is 0 Å². The fourth-order valence-corrected chi connectivity index (χ4v) is 3.82. The SMILES string of the molecule is COc1ccc(CNC(=O)[C@H](C)N(c2cccc(C)c2)S(C)(=O)=O)cc1. The number of ether oxygens (including phenoxy) is 1. The molecule has 2 aromatic carbocycles. The van der Waals surface area contributed by atoms with Crippen LogP contribution < -0.4 is 14.4 Å². The van der Waals surface area contributed by atoms with Gasteiger partial charge in [-0.1, -0.05) is 24.3 Å². The minimum Gasteiger partial charge on any atom is -0.497 e. The molecule has 0 aliphatic rings. The summed E-state index contributed by atoms with van der Waals surface area (Å²) in [6.07, 6.45) is 1.10. The lowest BCUT2D eigenvalue weighted by molar-refractivity contribution is -0.122. The van der Waals surface area contributed by atoms with E-state index in [0.29, 0.717) is 12.2 Å². The number of anilines is 1. The summed E-state index contributed by atoms with van der Waals surface area (Å²) in [6, 6.07) is 13.5. The number of benzene rings is 2. The minimum absolute atomic E-state index is 0.304. The van der Waals surface area contributed by atoms with E-state index in [2.05, 4.69) is 5.32 Å². The summed E-state index contributed by atoms with van der Waals surface area (Å²) in [5.74, 6) is 0.365. The Morgan fingerprint density at radius 3 is 2.38 bits per heavy atom. The van der Waals surface area contributed by atoms with Crippen LogP contribution in [0.2, 0.25) is 0 Å². The van der Waals surface area contributed by atoms with Crippen molar-refractivity contribution in [1.82, 2.24) is 5.32 Å². The lowest BCUT2D eigenvalue weighted by Crippen LogP contribution is -2.47. The predicted molar refractivity (Wildman–Crippen MR) is 103 cm³/mol. The number of nitrogens with one attached hydrogen (secondary N) is 1. The first kappa shape index (κ1) is 19.8. The Labute approximate surface area is 154 Å². The fraction of sp³-hybridized carbons (Fsp3) is 0.316. The highest BCUT2D eigenvalue weighted by Gasteiger charge is 2.28. The van der Waals surface area contributed by atoms with Gasteiger partial charge < -0.3 is 10.1 Å². The van der Waals surface area contributed by atoms with E-state index < -0.39 is 16.1 Å². The van der Waals surface area contributed by atoms with Crippen molar-refractivity contribution in [3.63, 3.8) is 0 Å². The van der Waals surface area contributed by atoms with Crippen molar-refractivity contribution in [2.45, 2.75) is 26.4 Å². The van der Waals surface area contributed by atoms with Crippen molar-refractivity contribution in [1.29, 1.82) is 0 Å². The molecule has 0 saturated carbocycles. The molecule has 1 amide bonds. The molecule has 0 bridgehead atoms. The molecule has 7 heteroatoms. The minimum atomic E-state index is -3.61. The van der Waals surface area contributed by atoms with Crippen LogP contribution in [0, 0.1) is 6.92 Å². The van der Waals surface area contributed by atoms with Crippen molar-refractivity contribution >= 4 is 21.6 Å².